The fourth-order valence-electron chi connectivity index (χ4n) is 3.37. The first-order valence-electron chi connectivity index (χ1n) is 6.73. The molecule has 3 unspecified atom stereocenters. The number of aliphatic hydroxyl groups excluding tert-OH is 1. The van der Waals surface area contributed by atoms with Crippen LogP contribution in [0.3, 0.4) is 0 Å². The minimum Gasteiger partial charge on any atom is -0.398 e. The number of rotatable bonds is 2. The van der Waals surface area contributed by atoms with Gasteiger partial charge in [0.1, 0.15) is 4.90 Å². The highest BCUT2D eigenvalue weighted by atomic mass is 79.9. The van der Waals surface area contributed by atoms with E-state index in [-0.39, 0.29) is 28.5 Å². The predicted octanol–water partition coefficient (Wildman–Crippen LogP) is 2.19. The molecule has 8 heteroatoms. The summed E-state index contributed by atoms with van der Waals surface area (Å²) in [5.41, 5.74) is 6.12. The minimum absolute atomic E-state index is 0.0511. The molecule has 3 rings (SSSR count). The molecule has 21 heavy (non-hydrogen) atoms. The van der Waals surface area contributed by atoms with E-state index < -0.39 is 10.0 Å². The molecule has 2 aliphatic rings. The Morgan fingerprint density at radius 2 is 1.95 bits per heavy atom. The molecular weight excluding hydrogens is 424 g/mol. The lowest BCUT2D eigenvalue weighted by Crippen LogP contribution is -2.31. The second-order valence-corrected chi connectivity index (χ2v) is 9.34. The molecule has 0 spiro atoms. The average Bonchev–Trinajstić information content (AvgIpc) is 2.90. The van der Waals surface area contributed by atoms with Crippen molar-refractivity contribution in [2.45, 2.75) is 23.8 Å². The molecule has 1 saturated carbocycles. The van der Waals surface area contributed by atoms with E-state index in [1.54, 1.807) is 12.1 Å². The highest BCUT2D eigenvalue weighted by molar-refractivity contribution is 9.11. The monoisotopic (exact) mass is 438 g/mol. The molecule has 1 aliphatic carbocycles. The molecule has 3 N–H and O–H groups in total. The van der Waals surface area contributed by atoms with Crippen molar-refractivity contribution in [2.24, 2.45) is 11.8 Å². The van der Waals surface area contributed by atoms with Crippen LogP contribution in [-0.2, 0) is 10.0 Å². The number of halogens is 2. The van der Waals surface area contributed by atoms with E-state index in [0.29, 0.717) is 17.6 Å². The van der Waals surface area contributed by atoms with Crippen molar-refractivity contribution in [3.05, 3.63) is 21.1 Å². The lowest BCUT2D eigenvalue weighted by molar-refractivity contribution is 0.129. The summed E-state index contributed by atoms with van der Waals surface area (Å²) in [5.74, 6) is 0.306. The van der Waals surface area contributed by atoms with Gasteiger partial charge in [0.25, 0.3) is 0 Å². The second kappa shape index (κ2) is 5.49. The molecule has 1 aliphatic heterocycles. The Morgan fingerprint density at radius 1 is 1.24 bits per heavy atom. The molecule has 1 heterocycles. The van der Waals surface area contributed by atoms with E-state index in [0.717, 1.165) is 17.3 Å². The first-order valence-corrected chi connectivity index (χ1v) is 9.76. The number of benzene rings is 1. The van der Waals surface area contributed by atoms with Crippen LogP contribution < -0.4 is 5.73 Å². The Kier molecular flexibility index (Phi) is 4.11. The van der Waals surface area contributed by atoms with Gasteiger partial charge in [-0.15, -0.1) is 0 Å². The molecule has 1 aromatic carbocycles. The van der Waals surface area contributed by atoms with Gasteiger partial charge in [-0.2, -0.15) is 4.31 Å². The van der Waals surface area contributed by atoms with Gasteiger partial charge >= 0.3 is 0 Å². The van der Waals surface area contributed by atoms with Crippen molar-refractivity contribution in [1.82, 2.24) is 4.31 Å². The van der Waals surface area contributed by atoms with Gasteiger partial charge in [0, 0.05) is 28.0 Å². The van der Waals surface area contributed by atoms with Crippen LogP contribution in [0.15, 0.2) is 26.0 Å². The van der Waals surface area contributed by atoms with Gasteiger partial charge in [-0.1, -0.05) is 15.9 Å². The SMILES string of the molecule is Nc1cc(Br)cc(Br)c1S(=O)(=O)N1CC2CCC(O)C2C1. The third-order valence-corrected chi connectivity index (χ3v) is 7.72. The zero-order valence-corrected chi connectivity index (χ0v) is 15.2. The Hall–Kier alpha value is -0.150. The molecule has 0 amide bonds. The zero-order chi connectivity index (χ0) is 15.4. The highest BCUT2D eigenvalue weighted by Gasteiger charge is 2.46. The smallest absolute Gasteiger partial charge is 0.246 e. The molecule has 1 saturated heterocycles. The third-order valence-electron chi connectivity index (χ3n) is 4.42. The summed E-state index contributed by atoms with van der Waals surface area (Å²) in [7, 11) is -3.65. The summed E-state index contributed by atoms with van der Waals surface area (Å²) in [5, 5.41) is 9.94. The number of nitrogens with two attached hydrogens (primary N) is 1. The van der Waals surface area contributed by atoms with Gasteiger partial charge in [-0.25, -0.2) is 8.42 Å². The number of sulfonamides is 1. The van der Waals surface area contributed by atoms with E-state index in [1.165, 1.54) is 4.31 Å². The van der Waals surface area contributed by atoms with E-state index in [9.17, 15) is 13.5 Å². The van der Waals surface area contributed by atoms with Crippen LogP contribution in [0.1, 0.15) is 12.8 Å². The van der Waals surface area contributed by atoms with Crippen molar-refractivity contribution in [3.63, 3.8) is 0 Å². The Labute approximate surface area is 140 Å². The summed E-state index contributed by atoms with van der Waals surface area (Å²) < 4.78 is 28.3. The zero-order valence-electron chi connectivity index (χ0n) is 11.2. The van der Waals surface area contributed by atoms with E-state index in [1.807, 2.05) is 0 Å². The van der Waals surface area contributed by atoms with Gasteiger partial charge in [-0.3, -0.25) is 0 Å². The van der Waals surface area contributed by atoms with Crippen LogP contribution in [0, 0.1) is 11.8 Å². The Balaban J connectivity index is 1.96. The van der Waals surface area contributed by atoms with Crippen molar-refractivity contribution >= 4 is 47.6 Å². The maximum atomic E-state index is 12.8. The molecule has 116 valence electrons. The van der Waals surface area contributed by atoms with E-state index in [4.69, 9.17) is 5.73 Å². The minimum atomic E-state index is -3.65. The van der Waals surface area contributed by atoms with Crippen molar-refractivity contribution in [3.8, 4) is 0 Å². The Bertz CT molecular complexity index is 657. The maximum absolute atomic E-state index is 12.8. The van der Waals surface area contributed by atoms with Crippen LogP contribution in [0.2, 0.25) is 0 Å². The molecule has 3 atom stereocenters. The fourth-order valence-corrected chi connectivity index (χ4v) is 6.92. The van der Waals surface area contributed by atoms with Gasteiger partial charge in [0.05, 0.1) is 11.8 Å². The largest absolute Gasteiger partial charge is 0.398 e. The lowest BCUT2D eigenvalue weighted by Gasteiger charge is -2.20. The van der Waals surface area contributed by atoms with Crippen LogP contribution in [0.4, 0.5) is 5.69 Å². The number of anilines is 1. The number of nitrogens with zero attached hydrogens (tertiary/aromatic N) is 1. The quantitative estimate of drug-likeness (QED) is 0.691. The standard InChI is InChI=1S/C13H16Br2N2O3S/c14-8-3-10(15)13(11(16)4-8)21(19,20)17-5-7-1-2-12(18)9(7)6-17/h3-4,7,9,12,18H,1-2,5-6,16H2. The van der Waals surface area contributed by atoms with Crippen LogP contribution in [0.5, 0.6) is 0 Å². The highest BCUT2D eigenvalue weighted by Crippen LogP contribution is 2.42. The molecule has 1 aromatic rings. The predicted molar refractivity (Wildman–Crippen MR) is 87.2 cm³/mol. The second-order valence-electron chi connectivity index (χ2n) is 5.70. The van der Waals surface area contributed by atoms with Crippen molar-refractivity contribution in [2.75, 3.05) is 18.8 Å². The summed E-state index contributed by atoms with van der Waals surface area (Å²) in [6, 6.07) is 3.26. The molecule has 0 bridgehead atoms. The van der Waals surface area contributed by atoms with E-state index >= 15 is 0 Å². The van der Waals surface area contributed by atoms with Crippen molar-refractivity contribution in [1.29, 1.82) is 0 Å². The summed E-state index contributed by atoms with van der Waals surface area (Å²) in [6.07, 6.45) is 1.27. The number of hydrogen-bond donors (Lipinski definition) is 2. The topological polar surface area (TPSA) is 83.6 Å². The average molecular weight is 440 g/mol. The van der Waals surface area contributed by atoms with Gasteiger partial charge in [0.15, 0.2) is 0 Å². The third kappa shape index (κ3) is 2.65. The van der Waals surface area contributed by atoms with Crippen LogP contribution in [0.25, 0.3) is 0 Å². The number of fused-ring (bicyclic) bond motifs is 1. The Morgan fingerprint density at radius 3 is 2.57 bits per heavy atom. The maximum Gasteiger partial charge on any atom is 0.246 e. The summed E-state index contributed by atoms with van der Waals surface area (Å²) in [4.78, 5) is 0.111. The van der Waals surface area contributed by atoms with Crippen LogP contribution in [-0.4, -0.2) is 37.0 Å². The lowest BCUT2D eigenvalue weighted by atomic mass is 10.00. The first kappa shape index (κ1) is 15.7. The van der Waals surface area contributed by atoms with Crippen molar-refractivity contribution < 1.29 is 13.5 Å². The fraction of sp³-hybridized carbons (Fsp3) is 0.538. The summed E-state index contributed by atoms with van der Waals surface area (Å²) >= 11 is 6.58. The van der Waals surface area contributed by atoms with Gasteiger partial charge in [0.2, 0.25) is 10.0 Å². The van der Waals surface area contributed by atoms with Gasteiger partial charge in [-0.05, 0) is 46.8 Å². The molecule has 5 nitrogen and oxygen atoms in total. The number of aliphatic hydroxyl groups is 1. The van der Waals surface area contributed by atoms with Gasteiger partial charge < -0.3 is 10.8 Å². The van der Waals surface area contributed by atoms with Crippen LogP contribution >= 0.6 is 31.9 Å². The molecule has 0 aromatic heterocycles. The molecule has 2 fully saturated rings. The molecule has 0 radical (unpaired) electrons. The normalized spacial score (nSPS) is 29.8. The molecular formula is C13H16Br2N2O3S. The summed E-state index contributed by atoms with van der Waals surface area (Å²) in [6.45, 7) is 0.835. The number of nitrogen functional groups attached to an aromatic ring is 1. The first-order chi connectivity index (χ1) is 9.80. The number of hydrogen-bond acceptors (Lipinski definition) is 4. The van der Waals surface area contributed by atoms with E-state index in [2.05, 4.69) is 31.9 Å².